The van der Waals surface area contributed by atoms with E-state index in [1.165, 1.54) is 0 Å². The van der Waals surface area contributed by atoms with E-state index < -0.39 is 29.2 Å². The highest BCUT2D eigenvalue weighted by Crippen LogP contribution is 2.24. The summed E-state index contributed by atoms with van der Waals surface area (Å²) in [5.74, 6) is -0.710. The average Bonchev–Trinajstić information content (AvgIpc) is 3.33. The molecule has 0 aliphatic heterocycles. The normalized spacial score (nSPS) is 12.8. The lowest BCUT2D eigenvalue weighted by Crippen LogP contribution is -2.62. The molecular formula is C26H30N4O6. The van der Waals surface area contributed by atoms with Crippen LogP contribution in [0, 0.1) is 0 Å². The lowest BCUT2D eigenvalue weighted by atomic mass is 10.0. The molecule has 1 atom stereocenters. The number of nitrogens with two attached hydrogens (primary N) is 1. The molecular weight excluding hydrogens is 464 g/mol. The maximum Gasteiger partial charge on any atom is 0.409 e. The first kappa shape index (κ1) is 26.3. The number of hydrogen-bond donors (Lipinski definition) is 4. The molecule has 3 rings (SSSR count). The fourth-order valence-corrected chi connectivity index (χ4v) is 3.18. The van der Waals surface area contributed by atoms with Gasteiger partial charge in [0.25, 0.3) is 0 Å². The molecule has 0 aliphatic carbocycles. The lowest BCUT2D eigenvalue weighted by Gasteiger charge is -2.28. The van der Waals surface area contributed by atoms with E-state index in [-0.39, 0.29) is 12.8 Å². The Morgan fingerprint density at radius 1 is 0.944 bits per heavy atom. The van der Waals surface area contributed by atoms with Gasteiger partial charge in [-0.1, -0.05) is 0 Å². The van der Waals surface area contributed by atoms with Crippen molar-refractivity contribution in [3.63, 3.8) is 0 Å². The summed E-state index contributed by atoms with van der Waals surface area (Å²) in [6.07, 6.45) is 2.34. The number of nitrogens with zero attached hydrogens (tertiary/aromatic N) is 1. The number of carboxylic acids is 1. The third-order valence-corrected chi connectivity index (χ3v) is 4.97. The van der Waals surface area contributed by atoms with Gasteiger partial charge in [0, 0.05) is 36.6 Å². The van der Waals surface area contributed by atoms with Gasteiger partial charge in [0.05, 0.1) is 0 Å². The standard InChI is InChI=1S/C26H30N4O6/c1-25(2,3)36-24(34)29-26(27,23(32)33)15-14-22(31)28-18-6-10-20(11-7-18)35-21-12-8-19(9-13-21)30-16-4-5-17-30/h4-13,16-17H,14-15,27H2,1-3H3,(H,28,31)(H,29,34)(H,32,33)/t26-/m1/s1. The second-order valence-corrected chi connectivity index (χ2v) is 9.16. The molecule has 0 unspecified atom stereocenters. The third kappa shape index (κ3) is 7.60. The van der Waals surface area contributed by atoms with Crippen LogP contribution in [-0.2, 0) is 14.3 Å². The van der Waals surface area contributed by atoms with Crippen molar-refractivity contribution < 1.29 is 29.0 Å². The minimum atomic E-state index is -2.16. The van der Waals surface area contributed by atoms with Crippen molar-refractivity contribution in [1.82, 2.24) is 9.88 Å². The Morgan fingerprint density at radius 3 is 2.03 bits per heavy atom. The number of alkyl carbamates (subject to hydrolysis) is 1. The van der Waals surface area contributed by atoms with Crippen LogP contribution in [0.3, 0.4) is 0 Å². The second kappa shape index (κ2) is 11.0. The van der Waals surface area contributed by atoms with Crippen LogP contribution < -0.4 is 21.1 Å². The van der Waals surface area contributed by atoms with Crippen molar-refractivity contribution in [3.05, 3.63) is 73.1 Å². The highest BCUT2D eigenvalue weighted by Gasteiger charge is 2.37. The van der Waals surface area contributed by atoms with Gasteiger partial charge in [-0.3, -0.25) is 15.8 Å². The molecule has 190 valence electrons. The maximum atomic E-state index is 12.4. The van der Waals surface area contributed by atoms with Gasteiger partial charge in [-0.15, -0.1) is 0 Å². The predicted molar refractivity (Wildman–Crippen MR) is 134 cm³/mol. The number of carbonyl (C=O) groups is 3. The van der Waals surface area contributed by atoms with E-state index in [2.05, 4.69) is 10.6 Å². The molecule has 36 heavy (non-hydrogen) atoms. The molecule has 1 heterocycles. The van der Waals surface area contributed by atoms with Crippen molar-refractivity contribution in [2.45, 2.75) is 44.9 Å². The number of carboxylic acid groups (broad SMARTS) is 1. The fourth-order valence-electron chi connectivity index (χ4n) is 3.18. The maximum absolute atomic E-state index is 12.4. The van der Waals surface area contributed by atoms with E-state index in [1.54, 1.807) is 45.0 Å². The van der Waals surface area contributed by atoms with Crippen molar-refractivity contribution in [2.75, 3.05) is 5.32 Å². The van der Waals surface area contributed by atoms with Crippen molar-refractivity contribution >= 4 is 23.7 Å². The van der Waals surface area contributed by atoms with Gasteiger partial charge in [0.1, 0.15) is 17.1 Å². The van der Waals surface area contributed by atoms with E-state index in [0.717, 1.165) is 5.69 Å². The summed E-state index contributed by atoms with van der Waals surface area (Å²) in [6, 6.07) is 18.2. The Balaban J connectivity index is 1.52. The molecule has 0 saturated carbocycles. The van der Waals surface area contributed by atoms with Gasteiger partial charge in [-0.25, -0.2) is 9.59 Å². The summed E-state index contributed by atoms with van der Waals surface area (Å²) in [5, 5.41) is 14.3. The SMILES string of the molecule is CC(C)(C)OC(=O)N[C@](N)(CCC(=O)Nc1ccc(Oc2ccc(-n3cccc3)cc2)cc1)C(=O)O. The monoisotopic (exact) mass is 494 g/mol. The summed E-state index contributed by atoms with van der Waals surface area (Å²) >= 11 is 0. The van der Waals surface area contributed by atoms with E-state index in [0.29, 0.717) is 17.2 Å². The van der Waals surface area contributed by atoms with E-state index in [9.17, 15) is 19.5 Å². The molecule has 0 bridgehead atoms. The van der Waals surface area contributed by atoms with Crippen LogP contribution in [0.4, 0.5) is 10.5 Å². The number of amides is 2. The minimum Gasteiger partial charge on any atom is -0.478 e. The molecule has 10 nitrogen and oxygen atoms in total. The molecule has 0 aliphatic rings. The zero-order valence-electron chi connectivity index (χ0n) is 20.4. The Labute approximate surface area is 209 Å². The highest BCUT2D eigenvalue weighted by molar-refractivity contribution is 5.92. The van der Waals surface area contributed by atoms with Gasteiger partial charge >= 0.3 is 12.1 Å². The molecule has 0 fully saturated rings. The third-order valence-electron chi connectivity index (χ3n) is 4.97. The van der Waals surface area contributed by atoms with Crippen LogP contribution >= 0.6 is 0 Å². The molecule has 2 amide bonds. The Bertz CT molecular complexity index is 1180. The number of aliphatic carboxylic acids is 1. The van der Waals surface area contributed by atoms with Gasteiger partial charge in [0.2, 0.25) is 5.91 Å². The van der Waals surface area contributed by atoms with E-state index in [4.69, 9.17) is 15.2 Å². The molecule has 10 heteroatoms. The van der Waals surface area contributed by atoms with Gasteiger partial charge in [-0.05, 0) is 81.4 Å². The number of benzene rings is 2. The molecule has 5 N–H and O–H groups in total. The van der Waals surface area contributed by atoms with Crippen LogP contribution in [-0.4, -0.2) is 38.9 Å². The molecule has 1 aromatic heterocycles. The predicted octanol–water partition coefficient (Wildman–Crippen LogP) is 4.25. The smallest absolute Gasteiger partial charge is 0.409 e. The number of nitrogens with one attached hydrogen (secondary N) is 2. The van der Waals surface area contributed by atoms with Crippen LogP contribution in [0.2, 0.25) is 0 Å². The van der Waals surface area contributed by atoms with Crippen molar-refractivity contribution in [2.24, 2.45) is 5.73 Å². The second-order valence-electron chi connectivity index (χ2n) is 9.16. The average molecular weight is 495 g/mol. The number of rotatable bonds is 9. The Hall–Kier alpha value is -4.31. The number of anilines is 1. The number of ether oxygens (including phenoxy) is 2. The Kier molecular flexibility index (Phi) is 8.00. The molecule has 2 aromatic carbocycles. The van der Waals surface area contributed by atoms with Crippen molar-refractivity contribution in [1.29, 1.82) is 0 Å². The topological polar surface area (TPSA) is 145 Å². The Morgan fingerprint density at radius 2 is 1.50 bits per heavy atom. The summed E-state index contributed by atoms with van der Waals surface area (Å²) in [7, 11) is 0. The minimum absolute atomic E-state index is 0.245. The van der Waals surface area contributed by atoms with Gasteiger partial charge in [0.15, 0.2) is 5.66 Å². The summed E-state index contributed by atoms with van der Waals surface area (Å²) in [4.78, 5) is 35.9. The fraction of sp³-hybridized carbons (Fsp3) is 0.269. The highest BCUT2D eigenvalue weighted by atomic mass is 16.6. The molecule has 0 radical (unpaired) electrons. The summed E-state index contributed by atoms with van der Waals surface area (Å²) < 4.78 is 12.9. The summed E-state index contributed by atoms with van der Waals surface area (Å²) in [6.45, 7) is 4.91. The molecule has 0 spiro atoms. The van der Waals surface area contributed by atoms with Crippen LogP contribution in [0.25, 0.3) is 5.69 Å². The quantitative estimate of drug-likeness (QED) is 0.325. The van der Waals surface area contributed by atoms with E-state index in [1.807, 2.05) is 53.4 Å². The molecule has 3 aromatic rings. The number of aromatic nitrogens is 1. The van der Waals surface area contributed by atoms with Gasteiger partial charge < -0.3 is 24.5 Å². The number of hydrogen-bond acceptors (Lipinski definition) is 6. The van der Waals surface area contributed by atoms with Crippen LogP contribution in [0.15, 0.2) is 73.1 Å². The zero-order valence-corrected chi connectivity index (χ0v) is 20.4. The largest absolute Gasteiger partial charge is 0.478 e. The van der Waals surface area contributed by atoms with E-state index >= 15 is 0 Å². The summed E-state index contributed by atoms with van der Waals surface area (Å²) in [5.41, 5.74) is 4.34. The number of carbonyl (C=O) groups excluding carboxylic acids is 2. The van der Waals surface area contributed by atoms with Crippen LogP contribution in [0.5, 0.6) is 11.5 Å². The first-order valence-electron chi connectivity index (χ1n) is 11.3. The lowest BCUT2D eigenvalue weighted by molar-refractivity contribution is -0.145. The first-order valence-corrected chi connectivity index (χ1v) is 11.3. The molecule has 0 saturated heterocycles. The van der Waals surface area contributed by atoms with Gasteiger partial charge in [-0.2, -0.15) is 0 Å². The van der Waals surface area contributed by atoms with Crippen LogP contribution in [0.1, 0.15) is 33.6 Å². The zero-order chi connectivity index (χ0) is 26.3. The van der Waals surface area contributed by atoms with Crippen molar-refractivity contribution in [3.8, 4) is 17.2 Å². The first-order chi connectivity index (χ1) is 16.9.